The third kappa shape index (κ3) is 3.33. The molecule has 1 aromatic rings. The number of aromatic nitrogens is 1. The molecule has 0 aliphatic heterocycles. The van der Waals surface area contributed by atoms with Crippen LogP contribution in [0.4, 0.5) is 11.5 Å². The second-order valence-electron chi connectivity index (χ2n) is 3.41. The third-order valence-electron chi connectivity index (χ3n) is 2.10. The first kappa shape index (κ1) is 14.7. The van der Waals surface area contributed by atoms with Crippen LogP contribution in [0.15, 0.2) is 16.7 Å². The maximum atomic E-state index is 11.8. The summed E-state index contributed by atoms with van der Waals surface area (Å²) in [6.45, 7) is 1.22. The molecule has 1 unspecified atom stereocenters. The quantitative estimate of drug-likeness (QED) is 0.783. The molecular formula is C9H12BrN3O4S. The van der Waals surface area contributed by atoms with Gasteiger partial charge in [-0.25, -0.2) is 13.4 Å². The van der Waals surface area contributed by atoms with Crippen LogP contribution in [0.5, 0.6) is 0 Å². The average molecular weight is 338 g/mol. The summed E-state index contributed by atoms with van der Waals surface area (Å²) in [7, 11) is -2.80. The van der Waals surface area contributed by atoms with Gasteiger partial charge in [0.25, 0.3) is 0 Å². The number of ether oxygens (including phenoxy) is 1. The van der Waals surface area contributed by atoms with Crippen LogP contribution >= 0.6 is 15.9 Å². The molecule has 1 heterocycles. The molecule has 18 heavy (non-hydrogen) atoms. The normalized spacial score (nSPS) is 12.8. The van der Waals surface area contributed by atoms with Gasteiger partial charge in [0.2, 0.25) is 10.0 Å². The van der Waals surface area contributed by atoms with Gasteiger partial charge in [0, 0.05) is 0 Å². The Morgan fingerprint density at radius 1 is 1.61 bits per heavy atom. The molecule has 9 heteroatoms. The van der Waals surface area contributed by atoms with Crippen molar-refractivity contribution in [2.24, 2.45) is 0 Å². The van der Waals surface area contributed by atoms with Gasteiger partial charge in [-0.05, 0) is 28.9 Å². The fourth-order valence-corrected chi connectivity index (χ4v) is 2.60. The van der Waals surface area contributed by atoms with Crippen molar-refractivity contribution in [2.75, 3.05) is 17.6 Å². The number of hydrogen-bond donors (Lipinski definition) is 2. The molecule has 3 N–H and O–H groups in total. The van der Waals surface area contributed by atoms with Gasteiger partial charge < -0.3 is 10.5 Å². The lowest BCUT2D eigenvalue weighted by Crippen LogP contribution is -2.33. The van der Waals surface area contributed by atoms with Gasteiger partial charge in [0.15, 0.2) is 11.1 Å². The molecule has 0 aliphatic rings. The zero-order valence-corrected chi connectivity index (χ0v) is 12.1. The van der Waals surface area contributed by atoms with Crippen molar-refractivity contribution in [1.29, 1.82) is 0 Å². The molecule has 0 aromatic carbocycles. The summed E-state index contributed by atoms with van der Waals surface area (Å²) < 4.78 is 30.6. The molecule has 0 saturated carbocycles. The molecule has 1 atom stereocenters. The Bertz CT molecular complexity index is 561. The van der Waals surface area contributed by atoms with E-state index in [1.54, 1.807) is 0 Å². The van der Waals surface area contributed by atoms with Crippen molar-refractivity contribution < 1.29 is 17.9 Å². The Labute approximate surface area is 113 Å². The van der Waals surface area contributed by atoms with Gasteiger partial charge in [-0.15, -0.1) is 0 Å². The number of methoxy groups -OCH3 is 1. The molecule has 7 nitrogen and oxygen atoms in total. The minimum absolute atomic E-state index is 0.0555. The number of carbonyl (C=O) groups excluding carboxylic acids is 1. The van der Waals surface area contributed by atoms with Crippen LogP contribution < -0.4 is 10.5 Å². The Hall–Kier alpha value is -1.35. The van der Waals surface area contributed by atoms with E-state index >= 15 is 0 Å². The van der Waals surface area contributed by atoms with Gasteiger partial charge in [-0.2, -0.15) is 0 Å². The maximum absolute atomic E-state index is 11.8. The number of pyridine rings is 1. The zero-order valence-electron chi connectivity index (χ0n) is 9.68. The minimum Gasteiger partial charge on any atom is -0.468 e. The summed E-state index contributed by atoms with van der Waals surface area (Å²) in [5, 5.41) is -1.34. The van der Waals surface area contributed by atoms with Gasteiger partial charge in [0.1, 0.15) is 0 Å². The number of nitrogens with one attached hydrogen (secondary N) is 1. The fraction of sp³-hybridized carbons (Fsp3) is 0.333. The SMILES string of the molecule is COC(=O)C(C)S(=O)(=O)Nc1ncc(N)cc1Br. The summed E-state index contributed by atoms with van der Waals surface area (Å²) >= 11 is 3.12. The molecule has 1 rings (SSSR count). The molecule has 0 spiro atoms. The van der Waals surface area contributed by atoms with E-state index in [9.17, 15) is 13.2 Å². The summed E-state index contributed by atoms with van der Waals surface area (Å²) in [6, 6.07) is 1.49. The molecule has 0 saturated heterocycles. The Morgan fingerprint density at radius 2 is 2.22 bits per heavy atom. The Morgan fingerprint density at radius 3 is 2.72 bits per heavy atom. The highest BCUT2D eigenvalue weighted by Crippen LogP contribution is 2.23. The number of nitrogens with two attached hydrogens (primary N) is 1. The van der Waals surface area contributed by atoms with Crippen molar-refractivity contribution in [3.63, 3.8) is 0 Å². The van der Waals surface area contributed by atoms with E-state index in [1.807, 2.05) is 0 Å². The summed E-state index contributed by atoms with van der Waals surface area (Å²) in [5.41, 5.74) is 5.86. The lowest BCUT2D eigenvalue weighted by atomic mass is 10.4. The molecular weight excluding hydrogens is 326 g/mol. The number of rotatable bonds is 4. The first-order chi connectivity index (χ1) is 8.27. The summed E-state index contributed by atoms with van der Waals surface area (Å²) in [6.07, 6.45) is 1.30. The number of nitrogens with zero attached hydrogens (tertiary/aromatic N) is 1. The van der Waals surface area contributed by atoms with Crippen molar-refractivity contribution >= 4 is 43.4 Å². The number of hydrogen-bond acceptors (Lipinski definition) is 6. The van der Waals surface area contributed by atoms with Gasteiger partial charge >= 0.3 is 5.97 Å². The van der Waals surface area contributed by atoms with Crippen LogP contribution in [0.25, 0.3) is 0 Å². The monoisotopic (exact) mass is 337 g/mol. The minimum atomic E-state index is -3.92. The first-order valence-corrected chi connectivity index (χ1v) is 7.12. The Kier molecular flexibility index (Phi) is 4.52. The first-order valence-electron chi connectivity index (χ1n) is 4.78. The van der Waals surface area contributed by atoms with E-state index in [0.29, 0.717) is 10.2 Å². The topological polar surface area (TPSA) is 111 Å². The van der Waals surface area contributed by atoms with Gasteiger partial charge in [0.05, 0.1) is 23.5 Å². The highest BCUT2D eigenvalue weighted by Gasteiger charge is 2.29. The highest BCUT2D eigenvalue weighted by atomic mass is 79.9. The second kappa shape index (κ2) is 5.53. The van der Waals surface area contributed by atoms with Crippen LogP contribution in [0.3, 0.4) is 0 Å². The highest BCUT2D eigenvalue weighted by molar-refractivity contribution is 9.10. The predicted octanol–water partition coefficient (Wildman–Crippen LogP) is 0.729. The van der Waals surface area contributed by atoms with E-state index in [0.717, 1.165) is 7.11 Å². The predicted molar refractivity (Wildman–Crippen MR) is 70.4 cm³/mol. The number of nitrogen functional groups attached to an aromatic ring is 1. The molecule has 0 fully saturated rings. The number of anilines is 2. The van der Waals surface area contributed by atoms with Crippen LogP contribution in [0.1, 0.15) is 6.92 Å². The molecule has 0 amide bonds. The van der Waals surface area contributed by atoms with E-state index < -0.39 is 21.2 Å². The number of esters is 1. The fourth-order valence-electron chi connectivity index (χ4n) is 1.04. The van der Waals surface area contributed by atoms with Gasteiger partial charge in [-0.3, -0.25) is 9.52 Å². The molecule has 100 valence electrons. The van der Waals surface area contributed by atoms with Crippen LogP contribution in [-0.4, -0.2) is 31.7 Å². The lowest BCUT2D eigenvalue weighted by molar-refractivity contribution is -0.139. The number of carbonyl (C=O) groups is 1. The van der Waals surface area contributed by atoms with E-state index in [-0.39, 0.29) is 5.82 Å². The maximum Gasteiger partial charge on any atom is 0.325 e. The van der Waals surface area contributed by atoms with Gasteiger partial charge in [-0.1, -0.05) is 0 Å². The Balaban J connectivity index is 2.99. The second-order valence-corrected chi connectivity index (χ2v) is 6.27. The standard InChI is InChI=1S/C9H12BrN3O4S/c1-5(9(14)17-2)18(15,16)13-8-7(10)3-6(11)4-12-8/h3-5H,11H2,1-2H3,(H,12,13). The van der Waals surface area contributed by atoms with E-state index in [1.165, 1.54) is 19.2 Å². The van der Waals surface area contributed by atoms with Crippen molar-refractivity contribution in [3.8, 4) is 0 Å². The van der Waals surface area contributed by atoms with Crippen molar-refractivity contribution in [1.82, 2.24) is 4.98 Å². The summed E-state index contributed by atoms with van der Waals surface area (Å²) in [5.74, 6) is -0.797. The van der Waals surface area contributed by atoms with Crippen molar-refractivity contribution in [2.45, 2.75) is 12.2 Å². The molecule has 0 radical (unpaired) electrons. The van der Waals surface area contributed by atoms with E-state index in [4.69, 9.17) is 5.73 Å². The average Bonchev–Trinajstić information content (AvgIpc) is 2.30. The van der Waals surface area contributed by atoms with Crippen LogP contribution in [-0.2, 0) is 19.6 Å². The van der Waals surface area contributed by atoms with Crippen molar-refractivity contribution in [3.05, 3.63) is 16.7 Å². The number of halogens is 1. The zero-order chi connectivity index (χ0) is 13.9. The molecule has 1 aromatic heterocycles. The third-order valence-corrected chi connectivity index (χ3v) is 4.31. The molecule has 0 bridgehead atoms. The largest absolute Gasteiger partial charge is 0.468 e. The summed E-state index contributed by atoms with van der Waals surface area (Å²) in [4.78, 5) is 15.0. The lowest BCUT2D eigenvalue weighted by Gasteiger charge is -2.13. The van der Waals surface area contributed by atoms with Crippen LogP contribution in [0, 0.1) is 0 Å². The number of sulfonamides is 1. The van der Waals surface area contributed by atoms with Crippen LogP contribution in [0.2, 0.25) is 0 Å². The van der Waals surface area contributed by atoms with E-state index in [2.05, 4.69) is 30.4 Å². The molecule has 0 aliphatic carbocycles. The smallest absolute Gasteiger partial charge is 0.325 e.